The third-order valence-electron chi connectivity index (χ3n) is 3.55. The van der Waals surface area contributed by atoms with Crippen LogP contribution >= 0.6 is 12.4 Å². The molecule has 1 aromatic rings. The Labute approximate surface area is 126 Å². The molecule has 0 radical (unpaired) electrons. The Bertz CT molecular complexity index is 420. The van der Waals surface area contributed by atoms with Crippen LogP contribution in [0, 0.1) is 0 Å². The van der Waals surface area contributed by atoms with Gasteiger partial charge >= 0.3 is 0 Å². The molecule has 1 aromatic carbocycles. The summed E-state index contributed by atoms with van der Waals surface area (Å²) in [6.07, 6.45) is 3.94. The molecule has 0 bridgehead atoms. The molecule has 1 saturated heterocycles. The number of carbonyl (C=O) groups is 1. The summed E-state index contributed by atoms with van der Waals surface area (Å²) in [4.78, 5) is 11.8. The molecule has 4 nitrogen and oxygen atoms in total. The maximum atomic E-state index is 11.8. The lowest BCUT2D eigenvalue weighted by Gasteiger charge is -2.11. The van der Waals surface area contributed by atoms with E-state index in [0.29, 0.717) is 19.0 Å². The van der Waals surface area contributed by atoms with Crippen molar-refractivity contribution in [3.63, 3.8) is 0 Å². The number of hydrogen-bond donors (Lipinski definition) is 2. The largest absolute Gasteiger partial charge is 0.496 e. The molecular weight excluding hydrogens is 276 g/mol. The Morgan fingerprint density at radius 1 is 1.45 bits per heavy atom. The topological polar surface area (TPSA) is 50.4 Å². The average molecular weight is 299 g/mol. The molecule has 112 valence electrons. The van der Waals surface area contributed by atoms with Gasteiger partial charge in [-0.2, -0.15) is 0 Å². The van der Waals surface area contributed by atoms with Crippen molar-refractivity contribution in [1.82, 2.24) is 10.6 Å². The van der Waals surface area contributed by atoms with E-state index in [4.69, 9.17) is 4.74 Å². The van der Waals surface area contributed by atoms with Gasteiger partial charge in [-0.3, -0.25) is 4.79 Å². The Morgan fingerprint density at radius 2 is 2.25 bits per heavy atom. The molecule has 1 aliphatic heterocycles. The number of amides is 1. The average Bonchev–Trinajstić information content (AvgIpc) is 2.96. The molecule has 0 saturated carbocycles. The second-order valence-electron chi connectivity index (χ2n) is 4.92. The first-order chi connectivity index (χ1) is 9.29. The number of benzene rings is 1. The standard InChI is InChI=1S/C15H22N2O2.ClH/c1-19-14-7-3-2-5-12(14)11-17-15(18)9-8-13-6-4-10-16-13;/h2-3,5,7,13,16H,4,6,8-11H2,1H3,(H,17,18);1H. The van der Waals surface area contributed by atoms with E-state index < -0.39 is 0 Å². The van der Waals surface area contributed by atoms with Gasteiger partial charge in [0.1, 0.15) is 5.75 Å². The van der Waals surface area contributed by atoms with Gasteiger partial charge in [0.2, 0.25) is 5.91 Å². The highest BCUT2D eigenvalue weighted by molar-refractivity contribution is 5.85. The smallest absolute Gasteiger partial charge is 0.220 e. The molecule has 20 heavy (non-hydrogen) atoms. The molecule has 1 amide bonds. The summed E-state index contributed by atoms with van der Waals surface area (Å²) in [6, 6.07) is 8.28. The third-order valence-corrected chi connectivity index (χ3v) is 3.55. The van der Waals surface area contributed by atoms with Crippen LogP contribution < -0.4 is 15.4 Å². The van der Waals surface area contributed by atoms with Crippen LogP contribution in [0.25, 0.3) is 0 Å². The highest BCUT2D eigenvalue weighted by Gasteiger charge is 2.15. The molecule has 5 heteroatoms. The maximum Gasteiger partial charge on any atom is 0.220 e. The van der Waals surface area contributed by atoms with E-state index in [-0.39, 0.29) is 18.3 Å². The molecule has 1 fully saturated rings. The van der Waals surface area contributed by atoms with Crippen molar-refractivity contribution in [3.8, 4) is 5.75 Å². The van der Waals surface area contributed by atoms with E-state index in [1.54, 1.807) is 7.11 Å². The molecule has 0 aliphatic carbocycles. The van der Waals surface area contributed by atoms with Gasteiger partial charge < -0.3 is 15.4 Å². The summed E-state index contributed by atoms with van der Waals surface area (Å²) in [5, 5.41) is 6.35. The maximum absolute atomic E-state index is 11.8. The summed E-state index contributed by atoms with van der Waals surface area (Å²) < 4.78 is 5.26. The first-order valence-electron chi connectivity index (χ1n) is 6.91. The zero-order valence-corrected chi connectivity index (χ0v) is 12.7. The SMILES string of the molecule is COc1ccccc1CNC(=O)CCC1CCCN1.Cl. The quantitative estimate of drug-likeness (QED) is 0.847. The lowest BCUT2D eigenvalue weighted by atomic mass is 10.1. The number of carbonyl (C=O) groups excluding carboxylic acids is 1. The predicted octanol–water partition coefficient (Wildman–Crippen LogP) is 2.27. The zero-order chi connectivity index (χ0) is 13.5. The van der Waals surface area contributed by atoms with Crippen LogP contribution in [0.2, 0.25) is 0 Å². The molecule has 1 aliphatic rings. The van der Waals surface area contributed by atoms with Crippen LogP contribution in [-0.4, -0.2) is 25.6 Å². The van der Waals surface area contributed by atoms with Gasteiger partial charge in [-0.25, -0.2) is 0 Å². The van der Waals surface area contributed by atoms with E-state index in [1.165, 1.54) is 12.8 Å². The second kappa shape index (κ2) is 8.82. The van der Waals surface area contributed by atoms with Gasteiger partial charge in [0.15, 0.2) is 0 Å². The van der Waals surface area contributed by atoms with Crippen molar-refractivity contribution in [2.75, 3.05) is 13.7 Å². The Kier molecular flexibility index (Phi) is 7.41. The summed E-state index contributed by atoms with van der Waals surface area (Å²) >= 11 is 0. The van der Waals surface area contributed by atoms with Gasteiger partial charge in [0, 0.05) is 24.6 Å². The lowest BCUT2D eigenvalue weighted by molar-refractivity contribution is -0.121. The third kappa shape index (κ3) is 5.02. The van der Waals surface area contributed by atoms with Crippen LogP contribution in [-0.2, 0) is 11.3 Å². The van der Waals surface area contributed by atoms with E-state index in [9.17, 15) is 4.79 Å². The van der Waals surface area contributed by atoms with Crippen molar-refractivity contribution < 1.29 is 9.53 Å². The second-order valence-corrected chi connectivity index (χ2v) is 4.92. The van der Waals surface area contributed by atoms with Gasteiger partial charge in [-0.1, -0.05) is 18.2 Å². The lowest BCUT2D eigenvalue weighted by Crippen LogP contribution is -2.27. The normalized spacial score (nSPS) is 17.4. The molecule has 0 spiro atoms. The number of rotatable bonds is 6. The first-order valence-corrected chi connectivity index (χ1v) is 6.91. The molecule has 2 rings (SSSR count). The predicted molar refractivity (Wildman–Crippen MR) is 82.3 cm³/mol. The van der Waals surface area contributed by atoms with Crippen LogP contribution in [0.4, 0.5) is 0 Å². The van der Waals surface area contributed by atoms with Gasteiger partial charge in [0.25, 0.3) is 0 Å². The van der Waals surface area contributed by atoms with Crippen molar-refractivity contribution in [2.45, 2.75) is 38.3 Å². The van der Waals surface area contributed by atoms with Crippen LogP contribution in [0.3, 0.4) is 0 Å². The highest BCUT2D eigenvalue weighted by Crippen LogP contribution is 2.17. The molecular formula is C15H23ClN2O2. The summed E-state index contributed by atoms with van der Waals surface area (Å²) in [7, 11) is 1.65. The number of nitrogens with one attached hydrogen (secondary N) is 2. The minimum atomic E-state index is 0. The van der Waals surface area contributed by atoms with Gasteiger partial charge in [-0.05, 0) is 31.9 Å². The summed E-state index contributed by atoms with van der Waals surface area (Å²) in [5.41, 5.74) is 1.01. The van der Waals surface area contributed by atoms with Gasteiger partial charge in [-0.15, -0.1) is 12.4 Å². The van der Waals surface area contributed by atoms with Gasteiger partial charge in [0.05, 0.1) is 7.11 Å². The molecule has 2 N–H and O–H groups in total. The summed E-state index contributed by atoms with van der Waals surface area (Å²) in [6.45, 7) is 1.62. The minimum Gasteiger partial charge on any atom is -0.496 e. The number of hydrogen-bond acceptors (Lipinski definition) is 3. The fraction of sp³-hybridized carbons (Fsp3) is 0.533. The first kappa shape index (κ1) is 16.8. The number of halogens is 1. The fourth-order valence-corrected chi connectivity index (χ4v) is 2.44. The number of methoxy groups -OCH3 is 1. The monoisotopic (exact) mass is 298 g/mol. The van der Waals surface area contributed by atoms with E-state index in [0.717, 1.165) is 24.3 Å². The fourth-order valence-electron chi connectivity index (χ4n) is 2.44. The number of ether oxygens (including phenoxy) is 1. The van der Waals surface area contributed by atoms with Crippen molar-refractivity contribution >= 4 is 18.3 Å². The molecule has 1 heterocycles. The van der Waals surface area contributed by atoms with Crippen molar-refractivity contribution in [1.29, 1.82) is 0 Å². The Balaban J connectivity index is 0.00000200. The van der Waals surface area contributed by atoms with E-state index in [2.05, 4.69) is 10.6 Å². The zero-order valence-electron chi connectivity index (χ0n) is 11.9. The van der Waals surface area contributed by atoms with E-state index in [1.807, 2.05) is 24.3 Å². The molecule has 1 unspecified atom stereocenters. The highest BCUT2D eigenvalue weighted by atomic mass is 35.5. The van der Waals surface area contributed by atoms with Crippen LogP contribution in [0.1, 0.15) is 31.2 Å². The van der Waals surface area contributed by atoms with Crippen LogP contribution in [0.15, 0.2) is 24.3 Å². The van der Waals surface area contributed by atoms with Crippen molar-refractivity contribution in [2.24, 2.45) is 0 Å². The molecule has 1 atom stereocenters. The Hall–Kier alpha value is -1.26. The number of para-hydroxylation sites is 1. The van der Waals surface area contributed by atoms with Crippen LogP contribution in [0.5, 0.6) is 5.75 Å². The van der Waals surface area contributed by atoms with Crippen molar-refractivity contribution in [3.05, 3.63) is 29.8 Å². The summed E-state index contributed by atoms with van der Waals surface area (Å²) in [5.74, 6) is 0.930. The van der Waals surface area contributed by atoms with E-state index >= 15 is 0 Å². The minimum absolute atomic E-state index is 0. The molecule has 0 aromatic heterocycles. The Morgan fingerprint density at radius 3 is 2.95 bits per heavy atom.